The molecule has 37 heavy (non-hydrogen) atoms. The Kier molecular flexibility index (Phi) is 7.77. The molecule has 0 saturated carbocycles. The predicted octanol–water partition coefficient (Wildman–Crippen LogP) is 5.29. The Balaban J connectivity index is 1.90. The normalized spacial score (nSPS) is 11.5. The molecule has 0 atom stereocenters. The molecule has 0 aliphatic heterocycles. The van der Waals surface area contributed by atoms with Gasteiger partial charge in [-0.15, -0.1) is 0 Å². The Morgan fingerprint density at radius 3 is 2.35 bits per heavy atom. The highest BCUT2D eigenvalue weighted by molar-refractivity contribution is 6.07. The molecular formula is C29H35N5O3. The fourth-order valence-electron chi connectivity index (χ4n) is 3.77. The molecule has 1 heterocycles. The van der Waals surface area contributed by atoms with Crippen molar-refractivity contribution in [3.63, 3.8) is 0 Å². The summed E-state index contributed by atoms with van der Waals surface area (Å²) >= 11 is 0. The van der Waals surface area contributed by atoms with Gasteiger partial charge in [-0.2, -0.15) is 10.4 Å². The van der Waals surface area contributed by atoms with Gasteiger partial charge in [0.25, 0.3) is 11.8 Å². The van der Waals surface area contributed by atoms with E-state index in [1.54, 1.807) is 36.0 Å². The number of anilines is 1. The molecule has 0 aliphatic carbocycles. The Labute approximate surface area is 218 Å². The molecule has 0 radical (unpaired) electrons. The van der Waals surface area contributed by atoms with Gasteiger partial charge in [0.15, 0.2) is 5.69 Å². The van der Waals surface area contributed by atoms with Gasteiger partial charge in [0.05, 0.1) is 23.9 Å². The third-order valence-corrected chi connectivity index (χ3v) is 5.83. The van der Waals surface area contributed by atoms with E-state index in [1.165, 1.54) is 7.11 Å². The lowest BCUT2D eigenvalue weighted by Gasteiger charge is -2.22. The van der Waals surface area contributed by atoms with Crippen molar-refractivity contribution in [1.82, 2.24) is 15.1 Å². The van der Waals surface area contributed by atoms with E-state index < -0.39 is 0 Å². The van der Waals surface area contributed by atoms with Gasteiger partial charge in [-0.25, -0.2) is 0 Å². The molecule has 3 aromatic rings. The zero-order valence-electron chi connectivity index (χ0n) is 22.8. The van der Waals surface area contributed by atoms with Crippen LogP contribution < -0.4 is 15.4 Å². The summed E-state index contributed by atoms with van der Waals surface area (Å²) in [5.41, 5.74) is 3.55. The van der Waals surface area contributed by atoms with E-state index in [0.29, 0.717) is 23.5 Å². The second-order valence-electron chi connectivity index (χ2n) is 11.3. The number of rotatable bonds is 6. The number of benzene rings is 2. The van der Waals surface area contributed by atoms with E-state index in [4.69, 9.17) is 4.74 Å². The Morgan fingerprint density at radius 1 is 1.05 bits per heavy atom. The Bertz CT molecular complexity index is 1370. The minimum atomic E-state index is -0.385. The summed E-state index contributed by atoms with van der Waals surface area (Å²) in [6, 6.07) is 14.7. The molecule has 2 aromatic carbocycles. The molecule has 8 heteroatoms. The van der Waals surface area contributed by atoms with Crippen molar-refractivity contribution in [2.45, 2.75) is 47.0 Å². The summed E-state index contributed by atoms with van der Waals surface area (Å²) in [6.45, 7) is 12.7. The summed E-state index contributed by atoms with van der Waals surface area (Å²) in [7, 11) is 3.22. The van der Waals surface area contributed by atoms with Crippen LogP contribution >= 0.6 is 0 Å². The molecule has 0 bridgehead atoms. The van der Waals surface area contributed by atoms with Crippen molar-refractivity contribution in [3.8, 4) is 23.1 Å². The number of nitriles is 1. The lowest BCUT2D eigenvalue weighted by molar-refractivity contribution is 0.0933. The number of hydrogen-bond acceptors (Lipinski definition) is 5. The number of amides is 2. The van der Waals surface area contributed by atoms with Crippen LogP contribution in [-0.2, 0) is 12.5 Å². The van der Waals surface area contributed by atoms with E-state index in [1.807, 2.05) is 59.7 Å². The first-order valence-electron chi connectivity index (χ1n) is 12.1. The summed E-state index contributed by atoms with van der Waals surface area (Å²) in [5, 5.41) is 19.8. The van der Waals surface area contributed by atoms with Crippen LogP contribution in [0.25, 0.3) is 11.3 Å². The van der Waals surface area contributed by atoms with E-state index in [-0.39, 0.29) is 34.0 Å². The Hall–Kier alpha value is -4.12. The lowest BCUT2D eigenvalue weighted by atomic mass is 9.84. The van der Waals surface area contributed by atoms with Gasteiger partial charge in [-0.3, -0.25) is 14.3 Å². The number of hydrogen-bond donors (Lipinski definition) is 2. The van der Waals surface area contributed by atoms with Crippen LogP contribution in [0.5, 0.6) is 5.75 Å². The van der Waals surface area contributed by atoms with Crippen molar-refractivity contribution < 1.29 is 14.3 Å². The Morgan fingerprint density at radius 2 is 1.76 bits per heavy atom. The van der Waals surface area contributed by atoms with Gasteiger partial charge >= 0.3 is 0 Å². The van der Waals surface area contributed by atoms with Crippen molar-refractivity contribution in [2.75, 3.05) is 19.0 Å². The third kappa shape index (κ3) is 6.56. The van der Waals surface area contributed by atoms with Crippen LogP contribution in [0, 0.1) is 16.7 Å². The molecule has 2 N–H and O–H groups in total. The number of aryl methyl sites for hydroxylation is 1. The number of methoxy groups -OCH3 is 1. The maximum absolute atomic E-state index is 13.3. The number of aromatic nitrogens is 2. The molecule has 0 unspecified atom stereocenters. The van der Waals surface area contributed by atoms with Gasteiger partial charge in [0, 0.05) is 24.8 Å². The largest absolute Gasteiger partial charge is 0.495 e. The first-order valence-corrected chi connectivity index (χ1v) is 12.1. The van der Waals surface area contributed by atoms with Gasteiger partial charge in [-0.05, 0) is 46.7 Å². The minimum Gasteiger partial charge on any atom is -0.495 e. The van der Waals surface area contributed by atoms with E-state index >= 15 is 0 Å². The standard InChI is InChI=1S/C29H35N5O3/c1-28(2,3)17-31-27(36)23-15-24(34(7)33-23)18-10-9-11-21(13-18)32-26(35)22-14-20(29(4,5)6)12-19(16-30)25(22)37-8/h9-15H,17H2,1-8H3,(H,31,36)(H,32,35). The molecule has 194 valence electrons. The molecule has 8 nitrogen and oxygen atoms in total. The molecular weight excluding hydrogens is 466 g/mol. The highest BCUT2D eigenvalue weighted by Crippen LogP contribution is 2.32. The van der Waals surface area contributed by atoms with E-state index in [9.17, 15) is 14.9 Å². The van der Waals surface area contributed by atoms with Crippen LogP contribution in [0.15, 0.2) is 42.5 Å². The average molecular weight is 502 g/mol. The zero-order chi connectivity index (χ0) is 27.5. The van der Waals surface area contributed by atoms with Gasteiger partial charge in [0.1, 0.15) is 11.8 Å². The van der Waals surface area contributed by atoms with Crippen molar-refractivity contribution in [3.05, 3.63) is 64.8 Å². The minimum absolute atomic E-state index is 0.0388. The predicted molar refractivity (Wildman–Crippen MR) is 145 cm³/mol. The van der Waals surface area contributed by atoms with Crippen LogP contribution in [-0.4, -0.2) is 35.2 Å². The molecule has 0 fully saturated rings. The van der Waals surface area contributed by atoms with Crippen LogP contribution in [0.3, 0.4) is 0 Å². The number of nitrogens with zero attached hydrogens (tertiary/aromatic N) is 3. The number of carbonyl (C=O) groups excluding carboxylic acids is 2. The van der Waals surface area contributed by atoms with Crippen molar-refractivity contribution in [1.29, 1.82) is 5.26 Å². The molecule has 0 aliphatic rings. The van der Waals surface area contributed by atoms with Gasteiger partial charge < -0.3 is 15.4 Å². The van der Waals surface area contributed by atoms with Crippen LogP contribution in [0.2, 0.25) is 0 Å². The second-order valence-corrected chi connectivity index (χ2v) is 11.3. The molecule has 0 saturated heterocycles. The first-order chi connectivity index (χ1) is 17.2. The van der Waals surface area contributed by atoms with Crippen LogP contribution in [0.1, 0.15) is 73.5 Å². The van der Waals surface area contributed by atoms with Crippen LogP contribution in [0.4, 0.5) is 5.69 Å². The molecule has 2 amide bonds. The van der Waals surface area contributed by atoms with Gasteiger partial charge in [-0.1, -0.05) is 53.7 Å². The third-order valence-electron chi connectivity index (χ3n) is 5.83. The highest BCUT2D eigenvalue weighted by atomic mass is 16.5. The highest BCUT2D eigenvalue weighted by Gasteiger charge is 2.23. The number of ether oxygens (including phenoxy) is 1. The van der Waals surface area contributed by atoms with Crippen molar-refractivity contribution in [2.24, 2.45) is 12.5 Å². The topological polar surface area (TPSA) is 109 Å². The molecule has 0 spiro atoms. The maximum atomic E-state index is 13.3. The number of nitrogens with one attached hydrogen (secondary N) is 2. The maximum Gasteiger partial charge on any atom is 0.271 e. The van der Waals surface area contributed by atoms with Gasteiger partial charge in [0.2, 0.25) is 0 Å². The molecule has 3 rings (SSSR count). The smallest absolute Gasteiger partial charge is 0.271 e. The lowest BCUT2D eigenvalue weighted by Crippen LogP contribution is -2.32. The van der Waals surface area contributed by atoms with E-state index in [2.05, 4.69) is 21.8 Å². The van der Waals surface area contributed by atoms with E-state index in [0.717, 1.165) is 16.8 Å². The van der Waals surface area contributed by atoms with Crippen molar-refractivity contribution >= 4 is 17.5 Å². The average Bonchev–Trinajstić information content (AvgIpc) is 3.22. The first kappa shape index (κ1) is 27.5. The fraction of sp³-hybridized carbons (Fsp3) is 0.379. The summed E-state index contributed by atoms with van der Waals surface area (Å²) in [6.07, 6.45) is 0. The quantitative estimate of drug-likeness (QED) is 0.477. The second kappa shape index (κ2) is 10.5. The summed E-state index contributed by atoms with van der Waals surface area (Å²) in [4.78, 5) is 25.9. The SMILES string of the molecule is COc1c(C#N)cc(C(C)(C)C)cc1C(=O)Nc1cccc(-c2cc(C(=O)NCC(C)(C)C)nn2C)c1. The molecule has 1 aromatic heterocycles. The monoisotopic (exact) mass is 501 g/mol. The summed E-state index contributed by atoms with van der Waals surface area (Å²) < 4.78 is 7.08. The zero-order valence-corrected chi connectivity index (χ0v) is 22.8. The fourth-order valence-corrected chi connectivity index (χ4v) is 3.77. The number of carbonyl (C=O) groups is 2. The summed E-state index contributed by atoms with van der Waals surface area (Å²) in [5.74, 6) is -0.383.